The van der Waals surface area contributed by atoms with Gasteiger partial charge in [0.1, 0.15) is 6.04 Å². The zero-order valence-electron chi connectivity index (χ0n) is 24.3. The van der Waals surface area contributed by atoms with E-state index in [0.717, 1.165) is 6.42 Å². The SMILES string of the molecule is CCCCC(=O)N(Cc1ccc(-c2ccccc2S(=O)(=O)Nc2onc(C)c2C)c(C#N)c1)[C@H](C(=O)NC)C(C)C. The highest BCUT2D eigenvalue weighted by atomic mass is 32.2. The summed E-state index contributed by atoms with van der Waals surface area (Å²) >= 11 is 0. The van der Waals surface area contributed by atoms with Crippen molar-refractivity contribution in [3.8, 4) is 17.2 Å². The van der Waals surface area contributed by atoms with Crippen LogP contribution in [0.5, 0.6) is 0 Å². The normalized spacial score (nSPS) is 12.0. The van der Waals surface area contributed by atoms with E-state index in [1.165, 1.54) is 6.07 Å². The maximum Gasteiger partial charge on any atom is 0.264 e. The summed E-state index contributed by atoms with van der Waals surface area (Å²) in [6, 6.07) is 12.9. The van der Waals surface area contributed by atoms with Crippen LogP contribution in [0, 0.1) is 31.1 Å². The molecule has 0 bridgehead atoms. The second kappa shape index (κ2) is 13.5. The molecule has 0 aliphatic rings. The lowest BCUT2D eigenvalue weighted by Crippen LogP contribution is -2.51. The van der Waals surface area contributed by atoms with E-state index in [-0.39, 0.29) is 40.6 Å². The number of likely N-dealkylation sites (N-methyl/N-ethyl adjacent to an activating group) is 1. The molecule has 1 aromatic heterocycles. The quantitative estimate of drug-likeness (QED) is 0.310. The van der Waals surface area contributed by atoms with Crippen molar-refractivity contribution in [2.45, 2.75) is 71.4 Å². The van der Waals surface area contributed by atoms with Crippen molar-refractivity contribution in [2.75, 3.05) is 11.8 Å². The number of hydrogen-bond donors (Lipinski definition) is 2. The molecular weight excluding hydrogens is 542 g/mol. The number of hydrogen-bond acceptors (Lipinski definition) is 7. The summed E-state index contributed by atoms with van der Waals surface area (Å²) in [5.74, 6) is -0.517. The van der Waals surface area contributed by atoms with Gasteiger partial charge in [-0.2, -0.15) is 5.26 Å². The van der Waals surface area contributed by atoms with Crippen molar-refractivity contribution in [3.05, 3.63) is 64.8 Å². The summed E-state index contributed by atoms with van der Waals surface area (Å²) in [6.07, 6.45) is 1.84. The van der Waals surface area contributed by atoms with E-state index in [0.29, 0.717) is 40.8 Å². The van der Waals surface area contributed by atoms with Gasteiger partial charge in [-0.1, -0.05) is 62.7 Å². The fourth-order valence-electron chi connectivity index (χ4n) is 4.59. The second-order valence-electron chi connectivity index (χ2n) is 10.2. The average Bonchev–Trinajstić information content (AvgIpc) is 3.26. The molecule has 0 radical (unpaired) electrons. The number of nitrogens with one attached hydrogen (secondary N) is 2. The van der Waals surface area contributed by atoms with Gasteiger partial charge in [0, 0.05) is 36.7 Å². The van der Waals surface area contributed by atoms with Gasteiger partial charge < -0.3 is 14.7 Å². The number of benzene rings is 2. The largest absolute Gasteiger partial charge is 0.357 e. The van der Waals surface area contributed by atoms with Crippen LogP contribution in [0.4, 0.5) is 5.88 Å². The first-order chi connectivity index (χ1) is 19.4. The highest BCUT2D eigenvalue weighted by Crippen LogP contribution is 2.33. The number of rotatable bonds is 12. The third kappa shape index (κ3) is 7.13. The van der Waals surface area contributed by atoms with E-state index in [2.05, 4.69) is 21.3 Å². The van der Waals surface area contributed by atoms with E-state index in [9.17, 15) is 23.3 Å². The molecular formula is C30H37N5O5S. The Morgan fingerprint density at radius 1 is 1.12 bits per heavy atom. The van der Waals surface area contributed by atoms with Gasteiger partial charge in [0.05, 0.1) is 22.2 Å². The molecule has 2 N–H and O–H groups in total. The molecule has 11 heteroatoms. The predicted molar refractivity (Wildman–Crippen MR) is 156 cm³/mol. The first kappa shape index (κ1) is 31.4. The van der Waals surface area contributed by atoms with Crippen LogP contribution in [-0.4, -0.2) is 43.4 Å². The number of carbonyl (C=O) groups is 2. The topological polar surface area (TPSA) is 145 Å². The number of carbonyl (C=O) groups excluding carboxylic acids is 2. The summed E-state index contributed by atoms with van der Waals surface area (Å²) in [6.45, 7) is 9.30. The molecule has 218 valence electrons. The molecule has 1 heterocycles. The van der Waals surface area contributed by atoms with Crippen LogP contribution in [0.15, 0.2) is 51.9 Å². The molecule has 2 aromatic carbocycles. The van der Waals surface area contributed by atoms with Gasteiger partial charge >= 0.3 is 0 Å². The zero-order valence-corrected chi connectivity index (χ0v) is 25.1. The number of sulfonamides is 1. The van der Waals surface area contributed by atoms with Crippen molar-refractivity contribution in [1.82, 2.24) is 15.4 Å². The number of aryl methyl sites for hydroxylation is 1. The lowest BCUT2D eigenvalue weighted by molar-refractivity contribution is -0.142. The number of unbranched alkanes of at least 4 members (excludes halogenated alkanes) is 1. The van der Waals surface area contributed by atoms with Gasteiger partial charge in [-0.25, -0.2) is 13.1 Å². The van der Waals surface area contributed by atoms with Crippen molar-refractivity contribution < 1.29 is 22.5 Å². The number of anilines is 1. The third-order valence-electron chi connectivity index (χ3n) is 6.96. The molecule has 41 heavy (non-hydrogen) atoms. The summed E-state index contributed by atoms with van der Waals surface area (Å²) < 4.78 is 34.4. The van der Waals surface area contributed by atoms with Crippen molar-refractivity contribution in [1.29, 1.82) is 5.26 Å². The standard InChI is InChI=1S/C30H37N5O5S/c1-7-8-13-27(36)35(28(19(2)3)29(37)32-6)18-22-14-15-24(23(16-22)17-31)25-11-9-10-12-26(25)41(38,39)34-30-20(4)21(5)33-40-30/h9-12,14-16,19,28,34H,7-8,13,18H2,1-6H3,(H,32,37)/t28-/m0/s1. The Morgan fingerprint density at radius 2 is 1.83 bits per heavy atom. The van der Waals surface area contributed by atoms with Gasteiger partial charge in [0.2, 0.25) is 17.7 Å². The van der Waals surface area contributed by atoms with E-state index in [1.807, 2.05) is 20.8 Å². The lowest BCUT2D eigenvalue weighted by atomic mass is 9.96. The smallest absolute Gasteiger partial charge is 0.264 e. The summed E-state index contributed by atoms with van der Waals surface area (Å²) in [5, 5.41) is 16.5. The molecule has 1 atom stereocenters. The molecule has 10 nitrogen and oxygen atoms in total. The Balaban J connectivity index is 2.03. The summed E-state index contributed by atoms with van der Waals surface area (Å²) in [5.41, 5.74) is 2.77. The van der Waals surface area contributed by atoms with Gasteiger partial charge in [-0.3, -0.25) is 9.59 Å². The fourth-order valence-corrected chi connectivity index (χ4v) is 5.86. The van der Waals surface area contributed by atoms with Gasteiger partial charge in [-0.05, 0) is 43.9 Å². The average molecular weight is 580 g/mol. The molecule has 0 aliphatic carbocycles. The zero-order chi connectivity index (χ0) is 30.3. The van der Waals surface area contributed by atoms with E-state index < -0.39 is 16.1 Å². The number of nitriles is 1. The number of aromatic nitrogens is 1. The highest BCUT2D eigenvalue weighted by Gasteiger charge is 2.32. The van der Waals surface area contributed by atoms with Crippen molar-refractivity contribution in [2.24, 2.45) is 5.92 Å². The fraction of sp³-hybridized carbons (Fsp3) is 0.400. The Morgan fingerprint density at radius 3 is 2.41 bits per heavy atom. The first-order valence-electron chi connectivity index (χ1n) is 13.5. The molecule has 0 unspecified atom stereocenters. The lowest BCUT2D eigenvalue weighted by Gasteiger charge is -2.33. The van der Waals surface area contributed by atoms with Crippen LogP contribution in [0.2, 0.25) is 0 Å². The maximum atomic E-state index is 13.4. The molecule has 3 rings (SSSR count). The molecule has 0 saturated heterocycles. The van der Waals surface area contributed by atoms with Crippen LogP contribution in [0.3, 0.4) is 0 Å². The minimum atomic E-state index is -4.10. The summed E-state index contributed by atoms with van der Waals surface area (Å²) in [4.78, 5) is 27.6. The van der Waals surface area contributed by atoms with Crippen LogP contribution in [0.25, 0.3) is 11.1 Å². The predicted octanol–water partition coefficient (Wildman–Crippen LogP) is 4.92. The Labute approximate surface area is 241 Å². The number of amides is 2. The van der Waals surface area contributed by atoms with Gasteiger partial charge in [0.25, 0.3) is 10.0 Å². The molecule has 3 aromatic rings. The van der Waals surface area contributed by atoms with Crippen LogP contribution in [-0.2, 0) is 26.2 Å². The Bertz CT molecular complexity index is 1560. The minimum Gasteiger partial charge on any atom is -0.357 e. The summed E-state index contributed by atoms with van der Waals surface area (Å²) in [7, 11) is -2.56. The molecule has 2 amide bonds. The molecule has 0 saturated carbocycles. The third-order valence-corrected chi connectivity index (χ3v) is 8.34. The Kier molecular flexibility index (Phi) is 10.3. The van der Waals surface area contributed by atoms with E-state index in [1.54, 1.807) is 62.2 Å². The van der Waals surface area contributed by atoms with Crippen LogP contribution < -0.4 is 10.0 Å². The van der Waals surface area contributed by atoms with E-state index >= 15 is 0 Å². The molecule has 0 spiro atoms. The van der Waals surface area contributed by atoms with Crippen LogP contribution in [0.1, 0.15) is 62.4 Å². The molecule has 0 aliphatic heterocycles. The van der Waals surface area contributed by atoms with Crippen molar-refractivity contribution in [3.63, 3.8) is 0 Å². The van der Waals surface area contributed by atoms with Crippen LogP contribution >= 0.6 is 0 Å². The van der Waals surface area contributed by atoms with E-state index in [4.69, 9.17) is 4.52 Å². The van der Waals surface area contributed by atoms with Gasteiger partial charge in [-0.15, -0.1) is 0 Å². The second-order valence-corrected chi connectivity index (χ2v) is 11.9. The maximum absolute atomic E-state index is 13.4. The highest BCUT2D eigenvalue weighted by molar-refractivity contribution is 7.92. The van der Waals surface area contributed by atoms with Crippen molar-refractivity contribution >= 4 is 27.7 Å². The molecule has 0 fully saturated rings. The minimum absolute atomic E-state index is 0.0248. The first-order valence-corrected chi connectivity index (χ1v) is 15.0. The Hall–Kier alpha value is -4.17. The number of nitrogens with zero attached hydrogens (tertiary/aromatic N) is 3. The monoisotopic (exact) mass is 579 g/mol. The van der Waals surface area contributed by atoms with Gasteiger partial charge in [0.15, 0.2) is 0 Å².